The van der Waals surface area contributed by atoms with Gasteiger partial charge < -0.3 is 5.43 Å². The molecule has 0 radical (unpaired) electrons. The van der Waals surface area contributed by atoms with Crippen molar-refractivity contribution in [2.24, 2.45) is 0 Å². The summed E-state index contributed by atoms with van der Waals surface area (Å²) >= 11 is 0. The molecule has 2 heterocycles. The summed E-state index contributed by atoms with van der Waals surface area (Å²) in [7, 11) is 0. The number of hydrogen-bond donors (Lipinski definition) is 1. The van der Waals surface area contributed by atoms with E-state index in [0.29, 0.717) is 12.1 Å². The van der Waals surface area contributed by atoms with Gasteiger partial charge in [-0.3, -0.25) is 9.66 Å². The number of fused-ring (bicyclic) bond motifs is 1. The minimum absolute atomic E-state index is 0.133. The van der Waals surface area contributed by atoms with Gasteiger partial charge >= 0.3 is 6.18 Å². The molecule has 3 nitrogen and oxygen atoms in total. The summed E-state index contributed by atoms with van der Waals surface area (Å²) in [6.45, 7) is 2.87. The van der Waals surface area contributed by atoms with Crippen LogP contribution in [-0.4, -0.2) is 16.2 Å². The quantitative estimate of drug-likeness (QED) is 0.559. The van der Waals surface area contributed by atoms with Crippen LogP contribution in [0.25, 0.3) is 10.9 Å². The van der Waals surface area contributed by atoms with Gasteiger partial charge in [-0.15, -0.1) is 0 Å². The molecular weight excluding hydrogens is 315 g/mol. The molecule has 6 heteroatoms. The number of nitrogens with one attached hydrogen (secondary N) is 1. The number of aromatic nitrogens is 2. The summed E-state index contributed by atoms with van der Waals surface area (Å²) < 4.78 is 40.7. The number of alkyl halides is 3. The van der Waals surface area contributed by atoms with Crippen LogP contribution < -0.4 is 5.43 Å². The second kappa shape index (κ2) is 8.94. The molecule has 0 unspecified atom stereocenters. The first kappa shape index (κ1) is 18.6. The molecule has 0 spiro atoms. The summed E-state index contributed by atoms with van der Waals surface area (Å²) in [5.41, 5.74) is 2.95. The van der Waals surface area contributed by atoms with Crippen LogP contribution in [0.5, 0.6) is 0 Å². The van der Waals surface area contributed by atoms with Gasteiger partial charge in [0.2, 0.25) is 0 Å². The van der Waals surface area contributed by atoms with Crippen LogP contribution in [0.3, 0.4) is 0 Å². The summed E-state index contributed by atoms with van der Waals surface area (Å²) in [5, 5.41) is 0.133. The fraction of sp³-hybridized carbons (Fsp3) is 0.611. The van der Waals surface area contributed by atoms with Crippen molar-refractivity contribution in [2.75, 3.05) is 12.0 Å². The summed E-state index contributed by atoms with van der Waals surface area (Å²) in [6, 6.07) is 1.60. The van der Waals surface area contributed by atoms with E-state index in [1.807, 2.05) is 0 Å². The Morgan fingerprint density at radius 1 is 1.04 bits per heavy atom. The van der Waals surface area contributed by atoms with Gasteiger partial charge in [-0.25, -0.2) is 0 Å². The fourth-order valence-corrected chi connectivity index (χ4v) is 2.89. The van der Waals surface area contributed by atoms with Crippen molar-refractivity contribution in [2.45, 2.75) is 64.5 Å². The van der Waals surface area contributed by atoms with Crippen molar-refractivity contribution in [3.63, 3.8) is 0 Å². The third-order valence-electron chi connectivity index (χ3n) is 4.22. The normalized spacial score (nSPS) is 12.0. The third kappa shape index (κ3) is 5.14. The minimum Gasteiger partial charge on any atom is -0.326 e. The average Bonchev–Trinajstić information content (AvgIpc) is 2.92. The molecule has 0 bridgehead atoms. The van der Waals surface area contributed by atoms with Crippen LogP contribution in [0.4, 0.5) is 13.2 Å². The summed E-state index contributed by atoms with van der Waals surface area (Å²) in [4.78, 5) is 3.81. The number of halogens is 3. The fourth-order valence-electron chi connectivity index (χ4n) is 2.89. The zero-order valence-corrected chi connectivity index (χ0v) is 14.2. The van der Waals surface area contributed by atoms with E-state index in [2.05, 4.69) is 17.3 Å². The van der Waals surface area contributed by atoms with E-state index in [4.69, 9.17) is 0 Å². The molecule has 2 aromatic rings. The first-order valence-corrected chi connectivity index (χ1v) is 8.80. The molecule has 2 rings (SSSR count). The molecule has 0 amide bonds. The SMILES string of the molecule is CCCCCCCCCCNn1cc(C(F)(F)F)c2cnccc21. The van der Waals surface area contributed by atoms with E-state index in [0.717, 1.165) is 19.0 Å². The second-order valence-electron chi connectivity index (χ2n) is 6.19. The Hall–Kier alpha value is -1.72. The Kier molecular flexibility index (Phi) is 6.94. The number of pyridine rings is 1. The Bertz CT molecular complexity index is 619. The average molecular weight is 341 g/mol. The predicted octanol–water partition coefficient (Wildman–Crippen LogP) is 5.74. The Morgan fingerprint density at radius 3 is 2.38 bits per heavy atom. The van der Waals surface area contributed by atoms with E-state index < -0.39 is 11.7 Å². The zero-order valence-electron chi connectivity index (χ0n) is 14.2. The Labute approximate surface area is 141 Å². The van der Waals surface area contributed by atoms with Crippen molar-refractivity contribution in [1.29, 1.82) is 0 Å². The maximum absolute atomic E-state index is 13.1. The van der Waals surface area contributed by atoms with Crippen molar-refractivity contribution in [3.8, 4) is 0 Å². The highest BCUT2D eigenvalue weighted by atomic mass is 19.4. The molecule has 0 aliphatic heterocycles. The molecule has 0 aliphatic carbocycles. The highest BCUT2D eigenvalue weighted by molar-refractivity contribution is 5.83. The van der Waals surface area contributed by atoms with Crippen LogP contribution in [0.2, 0.25) is 0 Å². The lowest BCUT2D eigenvalue weighted by Crippen LogP contribution is -2.15. The highest BCUT2D eigenvalue weighted by Crippen LogP contribution is 2.35. The van der Waals surface area contributed by atoms with E-state index in [1.54, 1.807) is 6.07 Å². The maximum Gasteiger partial charge on any atom is 0.418 e. The summed E-state index contributed by atoms with van der Waals surface area (Å²) in [5.74, 6) is 0. The Balaban J connectivity index is 1.81. The van der Waals surface area contributed by atoms with Crippen molar-refractivity contribution < 1.29 is 13.2 Å². The monoisotopic (exact) mass is 341 g/mol. The van der Waals surface area contributed by atoms with Gasteiger partial charge in [-0.1, -0.05) is 51.9 Å². The van der Waals surface area contributed by atoms with Gasteiger partial charge in [0.25, 0.3) is 0 Å². The smallest absolute Gasteiger partial charge is 0.326 e. The van der Waals surface area contributed by atoms with E-state index in [1.165, 1.54) is 55.6 Å². The Morgan fingerprint density at radius 2 is 1.71 bits per heavy atom. The number of unbranched alkanes of at least 4 members (excludes halogenated alkanes) is 7. The lowest BCUT2D eigenvalue weighted by Gasteiger charge is -2.09. The zero-order chi connectivity index (χ0) is 17.4. The molecule has 2 aromatic heterocycles. The molecule has 24 heavy (non-hydrogen) atoms. The van der Waals surface area contributed by atoms with Crippen molar-refractivity contribution >= 4 is 10.9 Å². The molecule has 0 saturated heterocycles. The lowest BCUT2D eigenvalue weighted by atomic mass is 10.1. The van der Waals surface area contributed by atoms with Crippen molar-refractivity contribution in [1.82, 2.24) is 9.66 Å². The van der Waals surface area contributed by atoms with Crippen LogP contribution in [0.1, 0.15) is 63.9 Å². The lowest BCUT2D eigenvalue weighted by molar-refractivity contribution is -0.136. The highest BCUT2D eigenvalue weighted by Gasteiger charge is 2.34. The second-order valence-corrected chi connectivity index (χ2v) is 6.19. The van der Waals surface area contributed by atoms with Gasteiger partial charge in [0.15, 0.2) is 0 Å². The summed E-state index contributed by atoms with van der Waals surface area (Å²) in [6.07, 6.45) is 9.18. The van der Waals surface area contributed by atoms with E-state index >= 15 is 0 Å². The standard InChI is InChI=1S/C18H26F3N3/c1-2-3-4-5-6-7-8-9-11-23-24-14-16(18(19,20)21)15-13-22-12-10-17(15)24/h10,12-14,23H,2-9,11H2,1H3. The molecule has 0 aromatic carbocycles. The molecule has 0 saturated carbocycles. The van der Waals surface area contributed by atoms with Crippen LogP contribution in [0, 0.1) is 0 Å². The van der Waals surface area contributed by atoms with Gasteiger partial charge in [-0.2, -0.15) is 13.2 Å². The molecule has 0 atom stereocenters. The van der Waals surface area contributed by atoms with Crippen LogP contribution in [-0.2, 0) is 6.18 Å². The predicted molar refractivity (Wildman–Crippen MR) is 91.6 cm³/mol. The minimum atomic E-state index is -4.37. The molecular formula is C18H26F3N3. The van der Waals surface area contributed by atoms with Gasteiger partial charge in [0, 0.05) is 30.5 Å². The number of hydrogen-bond acceptors (Lipinski definition) is 2. The third-order valence-corrected chi connectivity index (χ3v) is 4.22. The van der Waals surface area contributed by atoms with Crippen LogP contribution in [0.15, 0.2) is 24.7 Å². The first-order valence-electron chi connectivity index (χ1n) is 8.80. The molecule has 134 valence electrons. The van der Waals surface area contributed by atoms with Gasteiger partial charge in [0.05, 0.1) is 11.1 Å². The maximum atomic E-state index is 13.1. The largest absolute Gasteiger partial charge is 0.418 e. The topological polar surface area (TPSA) is 29.9 Å². The van der Waals surface area contributed by atoms with Gasteiger partial charge in [0.1, 0.15) is 0 Å². The molecule has 1 N–H and O–H groups in total. The van der Waals surface area contributed by atoms with E-state index in [9.17, 15) is 13.2 Å². The number of nitrogens with zero attached hydrogens (tertiary/aromatic N) is 2. The number of rotatable bonds is 10. The van der Waals surface area contributed by atoms with E-state index in [-0.39, 0.29) is 5.39 Å². The molecule has 0 aliphatic rings. The van der Waals surface area contributed by atoms with Gasteiger partial charge in [-0.05, 0) is 12.5 Å². The van der Waals surface area contributed by atoms with Crippen LogP contribution >= 0.6 is 0 Å². The van der Waals surface area contributed by atoms with Crippen molar-refractivity contribution in [3.05, 3.63) is 30.2 Å². The first-order chi connectivity index (χ1) is 11.5. The molecule has 0 fully saturated rings.